The third-order valence-electron chi connectivity index (χ3n) is 3.47. The van der Waals surface area contributed by atoms with Crippen LogP contribution < -0.4 is 4.74 Å². The molecule has 0 aliphatic rings. The van der Waals surface area contributed by atoms with Gasteiger partial charge in [-0.15, -0.1) is 11.3 Å². The largest absolute Gasteiger partial charge is 0.488 e. The van der Waals surface area contributed by atoms with Crippen molar-refractivity contribution in [1.82, 2.24) is 0 Å². The summed E-state index contributed by atoms with van der Waals surface area (Å²) in [7, 11) is 0. The number of para-hydroxylation sites is 1. The Kier molecular flexibility index (Phi) is 5.08. The molecule has 1 N–H and O–H groups in total. The number of hydrogen-bond donors (Lipinski definition) is 1. The van der Waals surface area contributed by atoms with Crippen LogP contribution in [0.15, 0.2) is 72.1 Å². The summed E-state index contributed by atoms with van der Waals surface area (Å²) in [6.45, 7) is 0.438. The van der Waals surface area contributed by atoms with Gasteiger partial charge in [-0.3, -0.25) is 0 Å². The number of benzene rings is 2. The first-order valence-electron chi connectivity index (χ1n) is 7.48. The second-order valence-electron chi connectivity index (χ2n) is 5.15. The molecular weight excluding hydrogens is 320 g/mol. The van der Waals surface area contributed by atoms with Crippen molar-refractivity contribution in [3.05, 3.63) is 88.1 Å². The summed E-state index contributed by atoms with van der Waals surface area (Å²) in [5.74, 6) is -0.285. The van der Waals surface area contributed by atoms with Crippen LogP contribution in [0.2, 0.25) is 0 Å². The number of hydrogen-bond acceptors (Lipinski definition) is 3. The molecule has 4 heteroatoms. The maximum Gasteiger partial charge on any atom is 0.337 e. The highest BCUT2D eigenvalue weighted by molar-refractivity contribution is 7.11. The van der Waals surface area contributed by atoms with Crippen LogP contribution >= 0.6 is 11.3 Å². The van der Waals surface area contributed by atoms with Gasteiger partial charge in [0.1, 0.15) is 12.4 Å². The van der Waals surface area contributed by atoms with Crippen LogP contribution in [0.25, 0.3) is 11.6 Å². The minimum absolute atomic E-state index is 0.265. The summed E-state index contributed by atoms with van der Waals surface area (Å²) in [4.78, 5) is 12.3. The highest BCUT2D eigenvalue weighted by Gasteiger charge is 2.13. The predicted octanol–water partition coefficient (Wildman–Crippen LogP) is 4.95. The van der Waals surface area contributed by atoms with Gasteiger partial charge in [0.25, 0.3) is 0 Å². The summed E-state index contributed by atoms with van der Waals surface area (Å²) in [5.41, 5.74) is 2.08. The molecule has 120 valence electrons. The first kappa shape index (κ1) is 16.0. The molecule has 0 unspecified atom stereocenters. The van der Waals surface area contributed by atoms with E-state index in [4.69, 9.17) is 4.74 Å². The maximum atomic E-state index is 11.6. The van der Waals surface area contributed by atoms with E-state index in [-0.39, 0.29) is 5.57 Å². The van der Waals surface area contributed by atoms with Gasteiger partial charge in [-0.25, -0.2) is 4.79 Å². The Morgan fingerprint density at radius 3 is 2.46 bits per heavy atom. The third-order valence-corrected chi connectivity index (χ3v) is 4.38. The Bertz CT molecular complexity index is 836. The number of thiophene rings is 1. The van der Waals surface area contributed by atoms with Crippen molar-refractivity contribution in [2.24, 2.45) is 0 Å². The summed E-state index contributed by atoms with van der Waals surface area (Å²) >= 11 is 1.40. The zero-order chi connectivity index (χ0) is 16.8. The van der Waals surface area contributed by atoms with Crippen molar-refractivity contribution in [3.8, 4) is 5.75 Å². The lowest BCUT2D eigenvalue weighted by Gasteiger charge is -2.10. The Labute approximate surface area is 144 Å². The molecule has 3 nitrogen and oxygen atoms in total. The SMILES string of the molecule is O=C(O)/C(=C\c1ccccc1OCc1ccccc1)c1cccs1. The molecule has 0 aliphatic heterocycles. The zero-order valence-corrected chi connectivity index (χ0v) is 13.7. The van der Waals surface area contributed by atoms with E-state index in [1.165, 1.54) is 11.3 Å². The number of aliphatic carboxylic acids is 1. The lowest BCUT2D eigenvalue weighted by molar-refractivity contribution is -0.130. The number of rotatable bonds is 6. The van der Waals surface area contributed by atoms with Crippen LogP contribution in [0.5, 0.6) is 5.75 Å². The minimum Gasteiger partial charge on any atom is -0.488 e. The van der Waals surface area contributed by atoms with Crippen molar-refractivity contribution in [2.75, 3.05) is 0 Å². The number of carboxylic acids is 1. The van der Waals surface area contributed by atoms with Crippen molar-refractivity contribution < 1.29 is 14.6 Å². The minimum atomic E-state index is -0.949. The van der Waals surface area contributed by atoms with Crippen molar-refractivity contribution in [2.45, 2.75) is 6.61 Å². The molecule has 2 aromatic carbocycles. The summed E-state index contributed by atoms with van der Waals surface area (Å²) in [6, 6.07) is 21.0. The first-order chi connectivity index (χ1) is 11.7. The molecule has 0 radical (unpaired) electrons. The Hall–Kier alpha value is -2.85. The average molecular weight is 336 g/mol. The van der Waals surface area contributed by atoms with Gasteiger partial charge >= 0.3 is 5.97 Å². The molecule has 0 bridgehead atoms. The van der Waals surface area contributed by atoms with Crippen LogP contribution in [0.4, 0.5) is 0 Å². The van der Waals surface area contributed by atoms with Crippen LogP contribution in [0.1, 0.15) is 16.0 Å². The molecule has 0 amide bonds. The maximum absolute atomic E-state index is 11.6. The lowest BCUT2D eigenvalue weighted by Crippen LogP contribution is -2.00. The number of ether oxygens (including phenoxy) is 1. The third kappa shape index (κ3) is 3.91. The molecule has 1 aromatic heterocycles. The van der Waals surface area contributed by atoms with Gasteiger partial charge in [-0.05, 0) is 29.2 Å². The molecule has 3 rings (SSSR count). The zero-order valence-electron chi connectivity index (χ0n) is 12.9. The molecular formula is C20H16O3S. The fraction of sp³-hybridized carbons (Fsp3) is 0.0500. The van der Waals surface area contributed by atoms with Crippen molar-refractivity contribution >= 4 is 29.0 Å². The van der Waals surface area contributed by atoms with E-state index in [1.807, 2.05) is 66.0 Å². The summed E-state index contributed by atoms with van der Waals surface area (Å²) in [6.07, 6.45) is 1.66. The van der Waals surface area contributed by atoms with E-state index < -0.39 is 5.97 Å². The normalized spacial score (nSPS) is 11.2. The Morgan fingerprint density at radius 1 is 1.00 bits per heavy atom. The molecule has 0 fully saturated rings. The Morgan fingerprint density at radius 2 is 1.75 bits per heavy atom. The van der Waals surface area contributed by atoms with Crippen LogP contribution in [-0.4, -0.2) is 11.1 Å². The van der Waals surface area contributed by atoms with Gasteiger partial charge in [0.15, 0.2) is 0 Å². The van der Waals surface area contributed by atoms with Gasteiger partial charge < -0.3 is 9.84 Å². The lowest BCUT2D eigenvalue weighted by atomic mass is 10.1. The topological polar surface area (TPSA) is 46.5 Å². The van der Waals surface area contributed by atoms with Crippen molar-refractivity contribution in [3.63, 3.8) is 0 Å². The molecule has 0 atom stereocenters. The molecule has 0 saturated heterocycles. The summed E-state index contributed by atoms with van der Waals surface area (Å²) in [5, 5.41) is 11.4. The van der Waals surface area contributed by atoms with Crippen LogP contribution in [-0.2, 0) is 11.4 Å². The fourth-order valence-electron chi connectivity index (χ4n) is 2.29. The molecule has 3 aromatic rings. The van der Waals surface area contributed by atoms with E-state index in [9.17, 15) is 9.90 Å². The van der Waals surface area contributed by atoms with E-state index in [2.05, 4.69) is 0 Å². The van der Waals surface area contributed by atoms with Gasteiger partial charge in [0, 0.05) is 10.4 Å². The van der Waals surface area contributed by atoms with E-state index in [0.29, 0.717) is 12.4 Å². The smallest absolute Gasteiger partial charge is 0.337 e. The first-order valence-corrected chi connectivity index (χ1v) is 8.36. The molecule has 1 heterocycles. The second-order valence-corrected chi connectivity index (χ2v) is 6.10. The van der Waals surface area contributed by atoms with Crippen LogP contribution in [0, 0.1) is 0 Å². The van der Waals surface area contributed by atoms with E-state index >= 15 is 0 Å². The quantitative estimate of drug-likeness (QED) is 0.648. The average Bonchev–Trinajstić information content (AvgIpc) is 3.13. The van der Waals surface area contributed by atoms with E-state index in [1.54, 1.807) is 12.1 Å². The van der Waals surface area contributed by atoms with Crippen LogP contribution in [0.3, 0.4) is 0 Å². The molecule has 0 spiro atoms. The fourth-order valence-corrected chi connectivity index (χ4v) is 3.03. The summed E-state index contributed by atoms with van der Waals surface area (Å²) < 4.78 is 5.89. The highest BCUT2D eigenvalue weighted by atomic mass is 32.1. The van der Waals surface area contributed by atoms with Gasteiger partial charge in [0.2, 0.25) is 0 Å². The highest BCUT2D eigenvalue weighted by Crippen LogP contribution is 2.27. The monoisotopic (exact) mass is 336 g/mol. The number of carbonyl (C=O) groups is 1. The number of carboxylic acid groups (broad SMARTS) is 1. The Balaban J connectivity index is 1.88. The van der Waals surface area contributed by atoms with Gasteiger partial charge in [0.05, 0.1) is 5.57 Å². The molecule has 0 saturated carbocycles. The second kappa shape index (κ2) is 7.62. The molecule has 0 aliphatic carbocycles. The van der Waals surface area contributed by atoms with Crippen molar-refractivity contribution in [1.29, 1.82) is 0 Å². The predicted molar refractivity (Wildman–Crippen MR) is 97.0 cm³/mol. The molecule has 24 heavy (non-hydrogen) atoms. The van der Waals surface area contributed by atoms with E-state index in [0.717, 1.165) is 16.0 Å². The van der Waals surface area contributed by atoms with Gasteiger partial charge in [-0.1, -0.05) is 54.6 Å². The standard InChI is InChI=1S/C20H16O3S/c21-20(22)17(19-11-6-12-24-19)13-16-9-4-5-10-18(16)23-14-15-7-2-1-3-8-15/h1-13H,14H2,(H,21,22)/b17-13-. The van der Waals surface area contributed by atoms with Gasteiger partial charge in [-0.2, -0.15) is 0 Å².